The van der Waals surface area contributed by atoms with Crippen molar-refractivity contribution in [1.29, 1.82) is 0 Å². The Kier molecular flexibility index (Phi) is 5.27. The first kappa shape index (κ1) is 19.9. The van der Waals surface area contributed by atoms with Crippen molar-refractivity contribution in [1.82, 2.24) is 34.4 Å². The molecule has 1 aliphatic heterocycles. The third-order valence-corrected chi connectivity index (χ3v) is 6.05. The number of anilines is 1. The monoisotopic (exact) mass is 420 g/mol. The summed E-state index contributed by atoms with van der Waals surface area (Å²) >= 11 is 0. The van der Waals surface area contributed by atoms with Gasteiger partial charge in [-0.3, -0.25) is 14.7 Å². The van der Waals surface area contributed by atoms with Gasteiger partial charge in [-0.25, -0.2) is 14.3 Å². The molecule has 4 heterocycles. The fourth-order valence-corrected chi connectivity index (χ4v) is 4.22. The van der Waals surface area contributed by atoms with E-state index in [1.807, 2.05) is 19.9 Å². The van der Waals surface area contributed by atoms with E-state index >= 15 is 0 Å². The largest absolute Gasteiger partial charge is 0.353 e. The number of hydrogen-bond acceptors (Lipinski definition) is 7. The lowest BCUT2D eigenvalue weighted by Gasteiger charge is -2.35. The van der Waals surface area contributed by atoms with Gasteiger partial charge in [0.15, 0.2) is 11.6 Å². The Labute approximate surface area is 181 Å². The van der Waals surface area contributed by atoms with Crippen molar-refractivity contribution in [2.24, 2.45) is 0 Å². The van der Waals surface area contributed by atoms with Crippen LogP contribution in [0.3, 0.4) is 0 Å². The highest BCUT2D eigenvalue weighted by Gasteiger charge is 2.31. The van der Waals surface area contributed by atoms with Crippen molar-refractivity contribution in [3.8, 4) is 5.82 Å². The van der Waals surface area contributed by atoms with Crippen LogP contribution in [0.1, 0.15) is 35.8 Å². The first-order valence-electron chi connectivity index (χ1n) is 11.0. The first-order valence-corrected chi connectivity index (χ1v) is 11.0. The highest BCUT2D eigenvalue weighted by Crippen LogP contribution is 2.42. The van der Waals surface area contributed by atoms with Crippen LogP contribution in [-0.2, 0) is 6.54 Å². The van der Waals surface area contributed by atoms with E-state index in [9.17, 15) is 4.79 Å². The van der Waals surface area contributed by atoms with E-state index < -0.39 is 0 Å². The summed E-state index contributed by atoms with van der Waals surface area (Å²) in [6.45, 7) is 9.01. The summed E-state index contributed by atoms with van der Waals surface area (Å²) in [4.78, 5) is 26.3. The Morgan fingerprint density at radius 1 is 0.968 bits per heavy atom. The molecule has 0 amide bonds. The lowest BCUT2D eigenvalue weighted by molar-refractivity contribution is 0.242. The number of aromatic nitrogens is 6. The quantitative estimate of drug-likeness (QED) is 0.598. The van der Waals surface area contributed by atoms with Gasteiger partial charge in [0.1, 0.15) is 0 Å². The number of aryl methyl sites for hydroxylation is 2. The van der Waals surface area contributed by atoms with Gasteiger partial charge < -0.3 is 4.90 Å². The van der Waals surface area contributed by atoms with Crippen LogP contribution in [0, 0.1) is 13.8 Å². The maximum Gasteiger partial charge on any atom is 0.266 e. The summed E-state index contributed by atoms with van der Waals surface area (Å²) in [6, 6.07) is 5.31. The zero-order valence-corrected chi connectivity index (χ0v) is 18.1. The van der Waals surface area contributed by atoms with Crippen LogP contribution in [0.2, 0.25) is 0 Å². The summed E-state index contributed by atoms with van der Waals surface area (Å²) in [7, 11) is 0. The molecule has 9 nitrogen and oxygen atoms in total. The minimum Gasteiger partial charge on any atom is -0.353 e. The third-order valence-electron chi connectivity index (χ3n) is 6.05. The van der Waals surface area contributed by atoms with E-state index in [0.29, 0.717) is 18.3 Å². The minimum absolute atomic E-state index is 0.0856. The average molecular weight is 421 g/mol. The predicted molar refractivity (Wildman–Crippen MR) is 118 cm³/mol. The molecule has 0 unspecified atom stereocenters. The Balaban J connectivity index is 1.22. The SMILES string of the molecule is Cc1cc(C)n(-c2ccc(=O)n(CCN3CCN(c4nccnc4C4CC4)CC3)n2)n1. The molecule has 0 aromatic carbocycles. The summed E-state index contributed by atoms with van der Waals surface area (Å²) in [6.07, 6.45) is 6.05. The van der Waals surface area contributed by atoms with Crippen LogP contribution in [0.25, 0.3) is 5.82 Å². The van der Waals surface area contributed by atoms with Crippen molar-refractivity contribution in [3.05, 3.63) is 58.0 Å². The molecule has 0 radical (unpaired) electrons. The van der Waals surface area contributed by atoms with E-state index in [4.69, 9.17) is 0 Å². The number of nitrogens with zero attached hydrogens (tertiary/aromatic N) is 8. The second-order valence-electron chi connectivity index (χ2n) is 8.46. The van der Waals surface area contributed by atoms with E-state index in [1.165, 1.54) is 12.8 Å². The van der Waals surface area contributed by atoms with Crippen molar-refractivity contribution in [3.63, 3.8) is 0 Å². The highest BCUT2D eigenvalue weighted by atomic mass is 16.1. The molecule has 9 heteroatoms. The van der Waals surface area contributed by atoms with Gasteiger partial charge in [-0.15, -0.1) is 5.10 Å². The fourth-order valence-electron chi connectivity index (χ4n) is 4.22. The molecule has 0 bridgehead atoms. The minimum atomic E-state index is -0.0856. The Morgan fingerprint density at radius 3 is 2.45 bits per heavy atom. The molecule has 3 aromatic heterocycles. The van der Waals surface area contributed by atoms with Gasteiger partial charge >= 0.3 is 0 Å². The summed E-state index contributed by atoms with van der Waals surface area (Å²) in [5.74, 6) is 2.32. The Morgan fingerprint density at radius 2 is 1.74 bits per heavy atom. The number of rotatable bonds is 6. The lowest BCUT2D eigenvalue weighted by atomic mass is 10.2. The van der Waals surface area contributed by atoms with Gasteiger partial charge in [0.25, 0.3) is 5.56 Å². The second kappa shape index (κ2) is 8.22. The topological polar surface area (TPSA) is 85.0 Å². The molecule has 162 valence electrons. The van der Waals surface area contributed by atoms with Crippen LogP contribution >= 0.6 is 0 Å². The van der Waals surface area contributed by atoms with Gasteiger partial charge in [0.05, 0.1) is 17.9 Å². The van der Waals surface area contributed by atoms with Crippen LogP contribution in [0.4, 0.5) is 5.82 Å². The molecule has 31 heavy (non-hydrogen) atoms. The predicted octanol–water partition coefficient (Wildman–Crippen LogP) is 1.54. The second-order valence-corrected chi connectivity index (χ2v) is 8.46. The van der Waals surface area contributed by atoms with E-state index in [2.05, 4.69) is 30.0 Å². The van der Waals surface area contributed by atoms with E-state index in [1.54, 1.807) is 33.9 Å². The standard InChI is InChI=1S/C22H28N8O/c1-16-15-17(2)30(25-16)19-5-6-20(31)29(26-19)14-11-27-9-12-28(13-10-27)22-21(18-3-4-18)23-7-8-24-22/h5-8,15,18H,3-4,9-14H2,1-2H3. The lowest BCUT2D eigenvalue weighted by Crippen LogP contribution is -2.48. The Bertz CT molecular complexity index is 1120. The molecule has 1 saturated heterocycles. The smallest absolute Gasteiger partial charge is 0.266 e. The van der Waals surface area contributed by atoms with Crippen molar-refractivity contribution < 1.29 is 0 Å². The zero-order valence-electron chi connectivity index (χ0n) is 18.1. The molecule has 5 rings (SSSR count). The number of piperazine rings is 1. The molecule has 3 aromatic rings. The van der Waals surface area contributed by atoms with Gasteiger partial charge in [-0.05, 0) is 38.8 Å². The summed E-state index contributed by atoms with van der Waals surface area (Å²) < 4.78 is 3.33. The van der Waals surface area contributed by atoms with Crippen LogP contribution < -0.4 is 10.5 Å². The highest BCUT2D eigenvalue weighted by molar-refractivity contribution is 5.46. The average Bonchev–Trinajstić information content (AvgIpc) is 3.57. The van der Waals surface area contributed by atoms with E-state index in [0.717, 1.165) is 55.6 Å². The molecule has 1 aliphatic carbocycles. The van der Waals surface area contributed by atoms with Crippen molar-refractivity contribution in [2.75, 3.05) is 37.6 Å². The van der Waals surface area contributed by atoms with Crippen LogP contribution in [0.15, 0.2) is 35.4 Å². The zero-order chi connectivity index (χ0) is 21.4. The molecule has 0 spiro atoms. The maximum atomic E-state index is 12.3. The normalized spacial score (nSPS) is 17.3. The molecular weight excluding hydrogens is 392 g/mol. The van der Waals surface area contributed by atoms with Crippen molar-refractivity contribution >= 4 is 5.82 Å². The molecule has 0 N–H and O–H groups in total. The maximum absolute atomic E-state index is 12.3. The molecule has 2 aliphatic rings. The molecule has 2 fully saturated rings. The van der Waals surface area contributed by atoms with Gasteiger partial charge in [0.2, 0.25) is 0 Å². The third kappa shape index (κ3) is 4.23. The van der Waals surface area contributed by atoms with E-state index in [-0.39, 0.29) is 5.56 Å². The van der Waals surface area contributed by atoms with Gasteiger partial charge in [0, 0.05) is 62.8 Å². The Hall–Kier alpha value is -3.07. The fraction of sp³-hybridized carbons (Fsp3) is 0.500. The molecule has 0 atom stereocenters. The van der Waals surface area contributed by atoms with Crippen LogP contribution in [0.5, 0.6) is 0 Å². The summed E-state index contributed by atoms with van der Waals surface area (Å²) in [5.41, 5.74) is 3.01. The van der Waals surface area contributed by atoms with Crippen molar-refractivity contribution in [2.45, 2.75) is 39.2 Å². The molecular formula is C22H28N8O. The van der Waals surface area contributed by atoms with Gasteiger partial charge in [-0.1, -0.05) is 0 Å². The first-order chi connectivity index (χ1) is 15.1. The number of hydrogen-bond donors (Lipinski definition) is 0. The van der Waals surface area contributed by atoms with Gasteiger partial charge in [-0.2, -0.15) is 5.10 Å². The summed E-state index contributed by atoms with van der Waals surface area (Å²) in [5, 5.41) is 9.02. The van der Waals surface area contributed by atoms with Crippen LogP contribution in [-0.4, -0.2) is 67.2 Å². The molecule has 1 saturated carbocycles.